The Kier molecular flexibility index (Phi) is 27.5. The van der Waals surface area contributed by atoms with E-state index in [1.807, 2.05) is 0 Å². The maximum Gasteiger partial charge on any atom is 1.00 e. The van der Waals surface area contributed by atoms with Crippen LogP contribution in [0.3, 0.4) is 0 Å². The zero-order valence-corrected chi connectivity index (χ0v) is 33.8. The molecule has 2 amide bonds. The van der Waals surface area contributed by atoms with Crippen molar-refractivity contribution in [2.45, 2.75) is 9.79 Å². The molecule has 3 aromatic carbocycles. The minimum Gasteiger partial charge on any atom is -0.854 e. The molecule has 0 aliphatic rings. The Morgan fingerprint density at radius 1 is 0.700 bits per heavy atom. The van der Waals surface area contributed by atoms with Crippen LogP contribution in [-0.2, 0) is 40.9 Å². The number of benzene rings is 3. The van der Waals surface area contributed by atoms with E-state index in [1.165, 1.54) is 49.5 Å². The summed E-state index contributed by atoms with van der Waals surface area (Å²) in [7, 11) is -11.7. The van der Waals surface area contributed by atoms with Gasteiger partial charge in [-0.25, -0.2) is 21.6 Å². The Hall–Kier alpha value is -3.01. The molecule has 0 aliphatic carbocycles. The fraction of sp³-hybridized carbons (Fsp3) is 0.208. The van der Waals surface area contributed by atoms with Gasteiger partial charge in [-0.05, 0) is 66.7 Å². The van der Waals surface area contributed by atoms with E-state index in [0.29, 0.717) is 22.7 Å². The SMILES string of the molecule is CN=Nc1ccc(S(=O)(=O)CC[O-])cc1.NC(=O)Nc1ccc(N=Nc2ccc(S(=O)(=O)CC[O-])cc2)c(N)c1.O=S(=O)=O.O=S(=O)=O.[Na+].[Na+]. The Morgan fingerprint density at radius 3 is 1.40 bits per heavy atom. The molecule has 0 aromatic heterocycles. The van der Waals surface area contributed by atoms with E-state index < -0.39 is 65.9 Å². The van der Waals surface area contributed by atoms with Gasteiger partial charge in [-0.2, -0.15) is 15.3 Å². The van der Waals surface area contributed by atoms with Crippen LogP contribution in [0, 0.1) is 0 Å². The maximum atomic E-state index is 11.8. The molecule has 0 saturated carbocycles. The topological polar surface area (TPSA) is 347 Å². The van der Waals surface area contributed by atoms with Crippen molar-refractivity contribution in [3.8, 4) is 0 Å². The molecule has 3 rings (SSSR count). The minimum absolute atomic E-state index is 0. The number of sulfone groups is 2. The third kappa shape index (κ3) is 22.7. The molecule has 0 bridgehead atoms. The molecule has 20 nitrogen and oxygen atoms in total. The summed E-state index contributed by atoms with van der Waals surface area (Å²) in [4.78, 5) is 11.0. The summed E-state index contributed by atoms with van der Waals surface area (Å²) in [5.41, 5.74) is 12.9. The van der Waals surface area contributed by atoms with Crippen LogP contribution in [-0.4, -0.2) is 79.9 Å². The van der Waals surface area contributed by atoms with Crippen LogP contribution in [0.5, 0.6) is 0 Å². The summed E-state index contributed by atoms with van der Waals surface area (Å²) >= 11 is 0. The summed E-state index contributed by atoms with van der Waals surface area (Å²) in [6, 6.07) is 15.5. The largest absolute Gasteiger partial charge is 1.00 e. The fourth-order valence-electron chi connectivity index (χ4n) is 2.99. The molecular weight excluding hydrogens is 769 g/mol. The van der Waals surface area contributed by atoms with Crippen molar-refractivity contribution in [3.63, 3.8) is 0 Å². The molecule has 26 heteroatoms. The monoisotopic (exact) mass is 795 g/mol. The second-order valence-corrected chi connectivity index (χ2v) is 13.2. The van der Waals surface area contributed by atoms with Crippen molar-refractivity contribution in [2.75, 3.05) is 42.8 Å². The summed E-state index contributed by atoms with van der Waals surface area (Å²) < 4.78 is 97.1. The number of carbonyl (C=O) groups excluding carboxylic acids is 1. The Balaban J connectivity index is -0.000000752. The van der Waals surface area contributed by atoms with E-state index in [4.69, 9.17) is 36.7 Å². The molecule has 0 aliphatic heterocycles. The van der Waals surface area contributed by atoms with Gasteiger partial charge < -0.3 is 27.0 Å². The number of carbonyl (C=O) groups is 1. The van der Waals surface area contributed by atoms with E-state index in [1.54, 1.807) is 24.3 Å². The number of rotatable bonds is 10. The van der Waals surface area contributed by atoms with E-state index >= 15 is 0 Å². The maximum absolute atomic E-state index is 11.8. The van der Waals surface area contributed by atoms with Crippen molar-refractivity contribution >= 4 is 75.4 Å². The van der Waals surface area contributed by atoms with E-state index in [9.17, 15) is 31.8 Å². The first-order valence-corrected chi connectivity index (χ1v) is 17.7. The number of hydrogen-bond acceptors (Lipinski definition) is 18. The van der Waals surface area contributed by atoms with E-state index in [2.05, 4.69) is 25.8 Å². The molecule has 262 valence electrons. The summed E-state index contributed by atoms with van der Waals surface area (Å²) in [6.45, 7) is -1.32. The van der Waals surface area contributed by atoms with Crippen molar-refractivity contribution in [1.82, 2.24) is 0 Å². The minimum atomic E-state index is -3.57. The molecule has 50 heavy (non-hydrogen) atoms. The Labute approximate surface area is 334 Å². The van der Waals surface area contributed by atoms with Crippen LogP contribution < -0.4 is 86.1 Å². The summed E-state index contributed by atoms with van der Waals surface area (Å²) in [5, 5.41) is 38.4. The zero-order chi connectivity index (χ0) is 36.9. The summed E-state index contributed by atoms with van der Waals surface area (Å²) in [5.74, 6) is -0.822. The first kappa shape index (κ1) is 51.4. The van der Waals surface area contributed by atoms with Crippen LogP contribution in [0.25, 0.3) is 0 Å². The van der Waals surface area contributed by atoms with Gasteiger partial charge in [0.25, 0.3) is 0 Å². The third-order valence-corrected chi connectivity index (χ3v) is 8.27. The number of nitrogen functional groups attached to an aromatic ring is 1. The van der Waals surface area contributed by atoms with Crippen molar-refractivity contribution < 1.29 is 116 Å². The van der Waals surface area contributed by atoms with Crippen molar-refractivity contribution in [2.24, 2.45) is 26.2 Å². The molecule has 0 fully saturated rings. The number of hydrogen-bond donors (Lipinski definition) is 3. The number of anilines is 2. The molecular formula is C24H27N7Na2O13S4. The van der Waals surface area contributed by atoms with Gasteiger partial charge in [0.15, 0.2) is 19.7 Å². The second-order valence-electron chi connectivity index (χ2n) is 8.20. The molecule has 3 aromatic rings. The average molecular weight is 796 g/mol. The van der Waals surface area contributed by atoms with E-state index in [-0.39, 0.29) is 80.3 Å². The molecule has 0 atom stereocenters. The number of nitrogens with one attached hydrogen (secondary N) is 1. The first-order chi connectivity index (χ1) is 22.4. The zero-order valence-electron chi connectivity index (χ0n) is 26.6. The average Bonchev–Trinajstić information content (AvgIpc) is 2.97. The van der Waals surface area contributed by atoms with E-state index in [0.717, 1.165) is 0 Å². The van der Waals surface area contributed by atoms with Crippen molar-refractivity contribution in [3.05, 3.63) is 66.7 Å². The van der Waals surface area contributed by atoms with Crippen LogP contribution in [0.1, 0.15) is 0 Å². The molecule has 0 saturated heterocycles. The molecule has 5 N–H and O–H groups in total. The third-order valence-electron chi connectivity index (χ3n) is 4.88. The van der Waals surface area contributed by atoms with Gasteiger partial charge in [0.05, 0.1) is 26.9 Å². The number of azo groups is 2. The van der Waals surface area contributed by atoms with Gasteiger partial charge in [0.2, 0.25) is 0 Å². The number of amides is 2. The Bertz CT molecular complexity index is 1980. The second kappa shape index (κ2) is 26.8. The quantitative estimate of drug-likeness (QED) is 0.0977. The molecule has 0 radical (unpaired) electrons. The smallest absolute Gasteiger partial charge is 0.854 e. The number of nitrogens with two attached hydrogens (primary N) is 2. The van der Waals surface area contributed by atoms with Crippen LogP contribution in [0.2, 0.25) is 0 Å². The predicted molar refractivity (Wildman–Crippen MR) is 165 cm³/mol. The van der Waals surface area contributed by atoms with Crippen LogP contribution in [0.15, 0.2) is 97.0 Å². The number of nitrogens with zero attached hydrogens (tertiary/aromatic N) is 4. The fourth-order valence-corrected chi connectivity index (χ4v) is 5.00. The number of primary amides is 1. The molecule has 0 unspecified atom stereocenters. The standard InChI is InChI=1S/C15H16N5O4S.C9H11N2O3S.2Na.2O3S/c16-13-9-11(18-15(17)22)3-6-14(13)20-19-10-1-4-12(5-2-10)25(23,24)8-7-21;1-10-11-8-2-4-9(5-3-8)15(13,14)7-6-12;;;2*1-4(2)3/h1-6,9H,7-8,16H2,(H3,17,18,22);2-5H,6-7H2,1H3;;;;/q2*-1;2*+1;;. The van der Waals surface area contributed by atoms with Gasteiger partial charge in [0, 0.05) is 24.2 Å². The van der Waals surface area contributed by atoms with Crippen LogP contribution >= 0.6 is 0 Å². The van der Waals surface area contributed by atoms with Crippen LogP contribution in [0.4, 0.5) is 33.2 Å². The van der Waals surface area contributed by atoms with Crippen molar-refractivity contribution in [1.29, 1.82) is 0 Å². The number of urea groups is 1. The van der Waals surface area contributed by atoms with Gasteiger partial charge >= 0.3 is 86.4 Å². The Morgan fingerprint density at radius 2 is 1.08 bits per heavy atom. The first-order valence-electron chi connectivity index (χ1n) is 12.4. The normalized spacial score (nSPS) is 10.4. The molecule has 0 spiro atoms. The molecule has 0 heterocycles. The summed E-state index contributed by atoms with van der Waals surface area (Å²) in [6.07, 6.45) is 0. The van der Waals surface area contributed by atoms with Gasteiger partial charge in [-0.15, -0.1) is 43.6 Å². The van der Waals surface area contributed by atoms with Gasteiger partial charge in [-0.3, -0.25) is 0 Å². The predicted octanol–water partition coefficient (Wildman–Crippen LogP) is -6.16. The van der Waals surface area contributed by atoms with Gasteiger partial charge in [-0.1, -0.05) is 0 Å². The van der Waals surface area contributed by atoms with Gasteiger partial charge in [0.1, 0.15) is 5.69 Å².